The summed E-state index contributed by atoms with van der Waals surface area (Å²) in [5.74, 6) is -0.110. The van der Waals surface area contributed by atoms with E-state index in [0.717, 1.165) is 16.5 Å². The Balaban J connectivity index is 1.74. The molecule has 0 spiro atoms. The fourth-order valence-corrected chi connectivity index (χ4v) is 5.31. The second kappa shape index (κ2) is 8.82. The normalized spacial score (nSPS) is 16.6. The zero-order chi connectivity index (χ0) is 23.8. The van der Waals surface area contributed by atoms with Crippen molar-refractivity contribution in [2.45, 2.75) is 62.3 Å². The van der Waals surface area contributed by atoms with Gasteiger partial charge in [-0.3, -0.25) is 0 Å². The van der Waals surface area contributed by atoms with Gasteiger partial charge in [0.25, 0.3) is 0 Å². The third kappa shape index (κ3) is 4.91. The average molecular weight is 462 g/mol. The summed E-state index contributed by atoms with van der Waals surface area (Å²) in [6.45, 7) is 9.38. The zero-order valence-electron chi connectivity index (χ0n) is 19.9. The van der Waals surface area contributed by atoms with Crippen LogP contribution in [-0.4, -0.2) is 25.8 Å². The summed E-state index contributed by atoms with van der Waals surface area (Å²) in [6.07, 6.45) is 8.28. The molecule has 1 N–H and O–H groups in total. The van der Waals surface area contributed by atoms with Crippen LogP contribution in [0.3, 0.4) is 0 Å². The van der Waals surface area contributed by atoms with E-state index in [-0.39, 0.29) is 10.8 Å². The lowest BCUT2D eigenvalue weighted by Crippen LogP contribution is -2.34. The summed E-state index contributed by atoms with van der Waals surface area (Å²) in [5.41, 5.74) is 6.87. The van der Waals surface area contributed by atoms with Gasteiger partial charge in [0.2, 0.25) is 0 Å². The Kier molecular flexibility index (Phi) is 6.23. The number of aromatic nitrogens is 3. The van der Waals surface area contributed by atoms with Gasteiger partial charge < -0.3 is 9.67 Å². The molecule has 0 unspecified atom stereocenters. The molecule has 172 valence electrons. The highest BCUT2D eigenvalue weighted by Crippen LogP contribution is 2.47. The molecule has 1 aliphatic rings. The van der Waals surface area contributed by atoms with E-state index in [0.29, 0.717) is 5.56 Å². The van der Waals surface area contributed by atoms with Crippen molar-refractivity contribution in [3.63, 3.8) is 0 Å². The lowest BCUT2D eigenvalue weighted by Gasteiger charge is -2.42. The second-order valence-corrected chi connectivity index (χ2v) is 11.1. The number of hydrogen-bond acceptors (Lipinski definition) is 4. The molecule has 3 aromatic rings. The summed E-state index contributed by atoms with van der Waals surface area (Å²) in [6, 6.07) is 11.7. The molecule has 0 saturated heterocycles. The Morgan fingerprint density at radius 3 is 2.27 bits per heavy atom. The molecule has 2 aromatic carbocycles. The van der Waals surface area contributed by atoms with Gasteiger partial charge >= 0.3 is 5.97 Å². The Morgan fingerprint density at radius 2 is 1.70 bits per heavy atom. The topological polar surface area (TPSA) is 68.0 Å². The van der Waals surface area contributed by atoms with Crippen molar-refractivity contribution in [1.29, 1.82) is 0 Å². The monoisotopic (exact) mass is 461 g/mol. The molecule has 0 atom stereocenters. The Hall–Kier alpha value is -2.86. The van der Waals surface area contributed by atoms with Crippen LogP contribution in [0, 0.1) is 0 Å². The first-order valence-electron chi connectivity index (χ1n) is 11.2. The van der Waals surface area contributed by atoms with Crippen LogP contribution < -0.4 is 0 Å². The van der Waals surface area contributed by atoms with Crippen LogP contribution in [0.2, 0.25) is 0 Å². The summed E-state index contributed by atoms with van der Waals surface area (Å²) >= 11 is 1.69. The quantitative estimate of drug-likeness (QED) is 0.343. The van der Waals surface area contributed by atoms with Crippen molar-refractivity contribution in [3.8, 4) is 0 Å². The summed E-state index contributed by atoms with van der Waals surface area (Å²) in [7, 11) is 1.96. The molecule has 0 radical (unpaired) electrons. The number of carbonyl (C=O) groups is 1. The van der Waals surface area contributed by atoms with E-state index in [1.807, 2.05) is 23.7 Å². The van der Waals surface area contributed by atoms with Crippen LogP contribution in [0.5, 0.6) is 0 Å². The maximum atomic E-state index is 11.1. The standard InChI is InChI=1S/C27H31N3O2S/c1-26(2)12-13-27(3,4)23-15-21(16-33-25-29-28-17-30(25)5)20(14-22(23)26)11-8-18-6-9-19(10-7-18)24(31)32/h6-11,14-15,17H,12-13,16H2,1-5H3,(H,31,32). The lowest BCUT2D eigenvalue weighted by atomic mass is 9.62. The number of fused-ring (bicyclic) bond motifs is 1. The highest BCUT2D eigenvalue weighted by molar-refractivity contribution is 7.98. The van der Waals surface area contributed by atoms with Gasteiger partial charge in [0.15, 0.2) is 5.16 Å². The number of thioether (sulfide) groups is 1. The third-order valence-electron chi connectivity index (χ3n) is 6.75. The van der Waals surface area contributed by atoms with Gasteiger partial charge in [-0.1, -0.05) is 75.9 Å². The SMILES string of the molecule is Cn1cnnc1SCc1cc2c(cc1C=Cc1ccc(C(=O)O)cc1)C(C)(C)CCC2(C)C. The van der Waals surface area contributed by atoms with Crippen LogP contribution in [0.25, 0.3) is 12.2 Å². The van der Waals surface area contributed by atoms with Crippen LogP contribution in [-0.2, 0) is 23.6 Å². The summed E-state index contributed by atoms with van der Waals surface area (Å²) in [4.78, 5) is 11.1. The van der Waals surface area contributed by atoms with Crippen molar-refractivity contribution < 1.29 is 9.90 Å². The van der Waals surface area contributed by atoms with Gasteiger partial charge in [0.05, 0.1) is 5.56 Å². The van der Waals surface area contributed by atoms with Crippen molar-refractivity contribution in [2.75, 3.05) is 0 Å². The number of carboxylic acid groups (broad SMARTS) is 1. The molecule has 4 rings (SSSR count). The molecule has 5 nitrogen and oxygen atoms in total. The number of aromatic carboxylic acids is 1. The molecule has 33 heavy (non-hydrogen) atoms. The predicted molar refractivity (Wildman–Crippen MR) is 135 cm³/mol. The first-order chi connectivity index (χ1) is 15.6. The average Bonchev–Trinajstić information content (AvgIpc) is 3.19. The van der Waals surface area contributed by atoms with Gasteiger partial charge in [-0.15, -0.1) is 10.2 Å². The molecule has 1 heterocycles. The molecular weight excluding hydrogens is 430 g/mol. The predicted octanol–water partition coefficient (Wildman–Crippen LogP) is 6.33. The van der Waals surface area contributed by atoms with Gasteiger partial charge in [-0.2, -0.15) is 0 Å². The Bertz CT molecular complexity index is 1210. The highest BCUT2D eigenvalue weighted by Gasteiger charge is 2.37. The highest BCUT2D eigenvalue weighted by atomic mass is 32.2. The van der Waals surface area contributed by atoms with E-state index in [1.165, 1.54) is 35.1 Å². The molecule has 0 fully saturated rings. The Morgan fingerprint density at radius 1 is 1.06 bits per heavy atom. The van der Waals surface area contributed by atoms with E-state index < -0.39 is 5.97 Å². The lowest BCUT2D eigenvalue weighted by molar-refractivity contribution is 0.0697. The van der Waals surface area contributed by atoms with Gasteiger partial charge in [-0.05, 0) is 63.6 Å². The van der Waals surface area contributed by atoms with E-state index in [4.69, 9.17) is 5.11 Å². The largest absolute Gasteiger partial charge is 0.478 e. The molecular formula is C27H31N3O2S. The van der Waals surface area contributed by atoms with Gasteiger partial charge in [0.1, 0.15) is 6.33 Å². The minimum absolute atomic E-state index is 0.131. The van der Waals surface area contributed by atoms with E-state index in [9.17, 15) is 4.79 Å². The van der Waals surface area contributed by atoms with Crippen molar-refractivity contribution in [1.82, 2.24) is 14.8 Å². The number of carboxylic acids is 1. The number of rotatable bonds is 6. The molecule has 0 aliphatic heterocycles. The number of nitrogens with zero attached hydrogens (tertiary/aromatic N) is 3. The molecule has 0 saturated carbocycles. The first-order valence-corrected chi connectivity index (χ1v) is 12.2. The number of aryl methyl sites for hydroxylation is 1. The van der Waals surface area contributed by atoms with Gasteiger partial charge in [0, 0.05) is 12.8 Å². The van der Waals surface area contributed by atoms with E-state index >= 15 is 0 Å². The molecule has 0 bridgehead atoms. The van der Waals surface area contributed by atoms with Crippen molar-refractivity contribution in [3.05, 3.63) is 76.1 Å². The van der Waals surface area contributed by atoms with Crippen molar-refractivity contribution in [2.24, 2.45) is 7.05 Å². The molecule has 1 aliphatic carbocycles. The smallest absolute Gasteiger partial charge is 0.335 e. The molecule has 1 aromatic heterocycles. The van der Waals surface area contributed by atoms with E-state index in [2.05, 4.69) is 62.2 Å². The number of hydrogen-bond donors (Lipinski definition) is 1. The molecule has 0 amide bonds. The Labute approximate surface area is 200 Å². The maximum absolute atomic E-state index is 11.1. The number of benzene rings is 2. The van der Waals surface area contributed by atoms with Crippen LogP contribution in [0.1, 0.15) is 78.7 Å². The minimum atomic E-state index is -0.909. The van der Waals surface area contributed by atoms with Crippen LogP contribution in [0.15, 0.2) is 47.9 Å². The minimum Gasteiger partial charge on any atom is -0.478 e. The van der Waals surface area contributed by atoms with Crippen LogP contribution in [0.4, 0.5) is 0 Å². The van der Waals surface area contributed by atoms with Gasteiger partial charge in [-0.25, -0.2) is 4.79 Å². The fraction of sp³-hybridized carbons (Fsp3) is 0.370. The molecule has 6 heteroatoms. The third-order valence-corrected chi connectivity index (χ3v) is 7.84. The summed E-state index contributed by atoms with van der Waals surface area (Å²) in [5, 5.41) is 18.3. The zero-order valence-corrected chi connectivity index (χ0v) is 20.7. The fourth-order valence-electron chi connectivity index (χ4n) is 4.42. The van der Waals surface area contributed by atoms with E-state index in [1.54, 1.807) is 30.2 Å². The van der Waals surface area contributed by atoms with Crippen LogP contribution >= 0.6 is 11.8 Å². The first kappa shape index (κ1) is 23.3. The summed E-state index contributed by atoms with van der Waals surface area (Å²) < 4.78 is 1.94. The second-order valence-electron chi connectivity index (χ2n) is 10.1. The van der Waals surface area contributed by atoms with Crippen molar-refractivity contribution >= 4 is 29.9 Å². The maximum Gasteiger partial charge on any atom is 0.335 e.